The number of carbonyl (C=O) groups is 3. The van der Waals surface area contributed by atoms with E-state index in [0.29, 0.717) is 26.1 Å². The Morgan fingerprint density at radius 1 is 0.535 bits per heavy atom. The molecule has 7 N–H and O–H groups in total. The van der Waals surface area contributed by atoms with Gasteiger partial charge in [-0.25, -0.2) is 0 Å². The van der Waals surface area contributed by atoms with E-state index in [1.54, 1.807) is 0 Å². The highest BCUT2D eigenvalue weighted by atomic mass is 16.2. The Morgan fingerprint density at radius 2 is 0.977 bits per heavy atom. The van der Waals surface area contributed by atoms with Crippen LogP contribution in [-0.4, -0.2) is 49.4 Å². The summed E-state index contributed by atoms with van der Waals surface area (Å²) < 4.78 is 0. The standard InChI is InChI=1S/C35H71N5O3/c1-3-5-7-9-11-13-15-17-19-23-29-38-33(41)27-26-32(40-34(42)31(37)25-21-22-28-36)35(43)39-30-24-20-18-16-14-12-10-8-6-4-2/h31-32H,3-30,36-37H2,1-2H3,(H,38,41)(H,39,43)(H,40,42)/t31-,32-/m0/s1. The van der Waals surface area contributed by atoms with Crippen molar-refractivity contribution in [3.63, 3.8) is 0 Å². The molecule has 0 radical (unpaired) electrons. The van der Waals surface area contributed by atoms with E-state index in [2.05, 4.69) is 29.8 Å². The molecule has 254 valence electrons. The molecular weight excluding hydrogens is 538 g/mol. The summed E-state index contributed by atoms with van der Waals surface area (Å²) in [4.78, 5) is 38.2. The zero-order chi connectivity index (χ0) is 31.8. The molecule has 0 heterocycles. The van der Waals surface area contributed by atoms with Gasteiger partial charge in [-0.15, -0.1) is 0 Å². The molecule has 0 aliphatic carbocycles. The summed E-state index contributed by atoms with van der Waals surface area (Å²) in [5.41, 5.74) is 11.6. The first kappa shape index (κ1) is 41.3. The lowest BCUT2D eigenvalue weighted by Gasteiger charge is -2.21. The zero-order valence-corrected chi connectivity index (χ0v) is 28.3. The molecular formula is C35H71N5O3. The van der Waals surface area contributed by atoms with Crippen molar-refractivity contribution in [2.75, 3.05) is 19.6 Å². The molecule has 0 aromatic heterocycles. The normalized spacial score (nSPS) is 12.6. The smallest absolute Gasteiger partial charge is 0.242 e. The summed E-state index contributed by atoms with van der Waals surface area (Å²) in [7, 11) is 0. The van der Waals surface area contributed by atoms with Gasteiger partial charge in [0.25, 0.3) is 0 Å². The first-order valence-corrected chi connectivity index (χ1v) is 18.3. The van der Waals surface area contributed by atoms with Crippen LogP contribution in [0.4, 0.5) is 0 Å². The minimum atomic E-state index is -0.765. The lowest BCUT2D eigenvalue weighted by molar-refractivity contribution is -0.130. The molecule has 0 aliphatic heterocycles. The van der Waals surface area contributed by atoms with Crippen molar-refractivity contribution in [3.8, 4) is 0 Å². The Bertz CT molecular complexity index is 661. The number of rotatable bonds is 32. The topological polar surface area (TPSA) is 139 Å². The van der Waals surface area contributed by atoms with Gasteiger partial charge >= 0.3 is 0 Å². The van der Waals surface area contributed by atoms with Crippen LogP contribution in [-0.2, 0) is 14.4 Å². The van der Waals surface area contributed by atoms with Gasteiger partial charge in [-0.2, -0.15) is 0 Å². The van der Waals surface area contributed by atoms with Gasteiger partial charge in [-0.3, -0.25) is 14.4 Å². The third-order valence-corrected chi connectivity index (χ3v) is 8.28. The Morgan fingerprint density at radius 3 is 1.44 bits per heavy atom. The van der Waals surface area contributed by atoms with Crippen LogP contribution in [0, 0.1) is 0 Å². The fourth-order valence-corrected chi connectivity index (χ4v) is 5.34. The van der Waals surface area contributed by atoms with Gasteiger partial charge in [0.05, 0.1) is 6.04 Å². The van der Waals surface area contributed by atoms with E-state index in [1.165, 1.54) is 103 Å². The number of hydrogen-bond acceptors (Lipinski definition) is 5. The summed E-state index contributed by atoms with van der Waals surface area (Å²) in [6.07, 6.45) is 27.4. The molecule has 0 bridgehead atoms. The van der Waals surface area contributed by atoms with Gasteiger partial charge in [0.2, 0.25) is 17.7 Å². The van der Waals surface area contributed by atoms with Gasteiger partial charge in [0, 0.05) is 19.5 Å². The predicted molar refractivity (Wildman–Crippen MR) is 182 cm³/mol. The van der Waals surface area contributed by atoms with Crippen LogP contribution in [0.5, 0.6) is 0 Å². The molecule has 0 unspecified atom stereocenters. The van der Waals surface area contributed by atoms with E-state index in [-0.39, 0.29) is 30.6 Å². The number of hydrogen-bond donors (Lipinski definition) is 5. The molecule has 8 nitrogen and oxygen atoms in total. The highest BCUT2D eigenvalue weighted by molar-refractivity contribution is 5.90. The monoisotopic (exact) mass is 610 g/mol. The van der Waals surface area contributed by atoms with Crippen molar-refractivity contribution in [3.05, 3.63) is 0 Å². The molecule has 0 rings (SSSR count). The van der Waals surface area contributed by atoms with Crippen molar-refractivity contribution in [1.29, 1.82) is 0 Å². The Labute approximate surface area is 265 Å². The number of amides is 3. The van der Waals surface area contributed by atoms with Crippen LogP contribution in [0.2, 0.25) is 0 Å². The molecule has 0 aliphatic rings. The first-order chi connectivity index (χ1) is 21.0. The van der Waals surface area contributed by atoms with Gasteiger partial charge < -0.3 is 27.4 Å². The molecule has 43 heavy (non-hydrogen) atoms. The molecule has 0 saturated heterocycles. The number of nitrogens with one attached hydrogen (secondary N) is 3. The van der Waals surface area contributed by atoms with E-state index in [9.17, 15) is 14.4 Å². The maximum absolute atomic E-state index is 13.0. The minimum absolute atomic E-state index is 0.0788. The average Bonchev–Trinajstić information content (AvgIpc) is 3.00. The Balaban J connectivity index is 4.35. The molecule has 3 amide bonds. The van der Waals surface area contributed by atoms with E-state index in [1.807, 2.05) is 0 Å². The summed E-state index contributed by atoms with van der Waals surface area (Å²) in [5.74, 6) is -0.660. The number of unbranched alkanes of at least 4 members (excludes halogenated alkanes) is 19. The van der Waals surface area contributed by atoms with E-state index in [0.717, 1.165) is 38.5 Å². The van der Waals surface area contributed by atoms with Gasteiger partial charge in [0.1, 0.15) is 6.04 Å². The fraction of sp³-hybridized carbons (Fsp3) is 0.914. The summed E-state index contributed by atoms with van der Waals surface area (Å²) in [6, 6.07) is -1.45. The van der Waals surface area contributed by atoms with E-state index in [4.69, 9.17) is 11.5 Å². The quantitative estimate of drug-likeness (QED) is 0.0535. The Hall–Kier alpha value is -1.67. The first-order valence-electron chi connectivity index (χ1n) is 18.3. The van der Waals surface area contributed by atoms with Crippen molar-refractivity contribution in [1.82, 2.24) is 16.0 Å². The zero-order valence-electron chi connectivity index (χ0n) is 28.3. The van der Waals surface area contributed by atoms with Crippen LogP contribution >= 0.6 is 0 Å². The van der Waals surface area contributed by atoms with Crippen LogP contribution in [0.3, 0.4) is 0 Å². The molecule has 0 fully saturated rings. The summed E-state index contributed by atoms with van der Waals surface area (Å²) in [5, 5.41) is 8.77. The molecule has 0 aromatic rings. The number of carbonyl (C=O) groups excluding carboxylic acids is 3. The van der Waals surface area contributed by atoms with Crippen molar-refractivity contribution >= 4 is 17.7 Å². The van der Waals surface area contributed by atoms with Crippen LogP contribution in [0.25, 0.3) is 0 Å². The van der Waals surface area contributed by atoms with Gasteiger partial charge in [0.15, 0.2) is 0 Å². The SMILES string of the molecule is CCCCCCCCCCCCNC(=O)CC[C@H](NC(=O)[C@@H](N)CCCCN)C(=O)NCCCCCCCCCCCC. The van der Waals surface area contributed by atoms with Crippen molar-refractivity contribution in [2.24, 2.45) is 11.5 Å². The predicted octanol–water partition coefficient (Wildman–Crippen LogP) is 6.78. The molecule has 8 heteroatoms. The third-order valence-electron chi connectivity index (χ3n) is 8.28. The van der Waals surface area contributed by atoms with Crippen LogP contribution in [0.15, 0.2) is 0 Å². The van der Waals surface area contributed by atoms with Crippen LogP contribution < -0.4 is 27.4 Å². The second-order valence-electron chi connectivity index (χ2n) is 12.5. The van der Waals surface area contributed by atoms with Crippen molar-refractivity contribution < 1.29 is 14.4 Å². The lowest BCUT2D eigenvalue weighted by atomic mass is 10.1. The summed E-state index contributed by atoms with van der Waals surface area (Å²) in [6.45, 7) is 6.28. The maximum Gasteiger partial charge on any atom is 0.242 e. The van der Waals surface area contributed by atoms with E-state index >= 15 is 0 Å². The lowest BCUT2D eigenvalue weighted by Crippen LogP contribution is -2.52. The largest absolute Gasteiger partial charge is 0.356 e. The molecule has 0 spiro atoms. The average molecular weight is 610 g/mol. The highest BCUT2D eigenvalue weighted by Crippen LogP contribution is 2.11. The molecule has 0 saturated carbocycles. The maximum atomic E-state index is 13.0. The molecule has 2 atom stereocenters. The second-order valence-corrected chi connectivity index (χ2v) is 12.5. The van der Waals surface area contributed by atoms with E-state index < -0.39 is 12.1 Å². The second kappa shape index (κ2) is 31.7. The van der Waals surface area contributed by atoms with Gasteiger partial charge in [-0.05, 0) is 38.6 Å². The Kier molecular flexibility index (Phi) is 30.5. The molecule has 0 aromatic carbocycles. The minimum Gasteiger partial charge on any atom is -0.356 e. The van der Waals surface area contributed by atoms with Gasteiger partial charge in [-0.1, -0.05) is 136 Å². The van der Waals surface area contributed by atoms with Crippen LogP contribution in [0.1, 0.15) is 174 Å². The summed E-state index contributed by atoms with van der Waals surface area (Å²) >= 11 is 0. The number of nitrogens with two attached hydrogens (primary N) is 2. The third kappa shape index (κ3) is 27.6. The van der Waals surface area contributed by atoms with Crippen molar-refractivity contribution in [2.45, 2.75) is 186 Å². The fourth-order valence-electron chi connectivity index (χ4n) is 5.34. The highest BCUT2D eigenvalue weighted by Gasteiger charge is 2.24.